The molecule has 0 N–H and O–H groups in total. The van der Waals surface area contributed by atoms with E-state index in [1.165, 1.54) is 12.1 Å². The normalized spacial score (nSPS) is 16.7. The lowest BCUT2D eigenvalue weighted by Crippen LogP contribution is -2.24. The van der Waals surface area contributed by atoms with Gasteiger partial charge in [0, 0.05) is 25.1 Å². The van der Waals surface area contributed by atoms with Crippen LogP contribution in [0.3, 0.4) is 0 Å². The summed E-state index contributed by atoms with van der Waals surface area (Å²) in [5.74, 6) is 1.17. The zero-order chi connectivity index (χ0) is 22.0. The standard InChI is InChI=1S/C22H20F3N3O3/c1-2-30-18-9-5-15(6-10-18)20-26-21(31-27-20)16-11-19(29)28(13-16)12-14-3-7-17(8-4-14)22(23,24)25/h3-10,16H,2,11-13H2,1H3. The number of benzene rings is 2. The van der Waals surface area contributed by atoms with E-state index in [0.29, 0.717) is 30.4 Å². The molecule has 1 fully saturated rings. The van der Waals surface area contributed by atoms with E-state index in [-0.39, 0.29) is 24.8 Å². The smallest absolute Gasteiger partial charge is 0.416 e. The van der Waals surface area contributed by atoms with E-state index in [9.17, 15) is 18.0 Å². The molecule has 0 saturated carbocycles. The van der Waals surface area contributed by atoms with Crippen molar-refractivity contribution < 1.29 is 27.2 Å². The lowest BCUT2D eigenvalue weighted by molar-refractivity contribution is -0.137. The van der Waals surface area contributed by atoms with E-state index in [4.69, 9.17) is 9.26 Å². The highest BCUT2D eigenvalue weighted by Crippen LogP contribution is 2.32. The van der Waals surface area contributed by atoms with Crippen LogP contribution in [0.2, 0.25) is 0 Å². The van der Waals surface area contributed by atoms with E-state index < -0.39 is 11.7 Å². The van der Waals surface area contributed by atoms with Crippen LogP contribution in [0.5, 0.6) is 5.75 Å². The molecule has 1 saturated heterocycles. The van der Waals surface area contributed by atoms with E-state index in [0.717, 1.165) is 23.4 Å². The van der Waals surface area contributed by atoms with Gasteiger partial charge in [0.25, 0.3) is 0 Å². The van der Waals surface area contributed by atoms with Crippen molar-refractivity contribution in [3.05, 3.63) is 65.5 Å². The fraction of sp³-hybridized carbons (Fsp3) is 0.318. The number of hydrogen-bond acceptors (Lipinski definition) is 5. The number of alkyl halides is 3. The number of rotatable bonds is 6. The molecule has 1 aromatic heterocycles. The Morgan fingerprint density at radius 3 is 2.48 bits per heavy atom. The van der Waals surface area contributed by atoms with Gasteiger partial charge in [0.2, 0.25) is 17.6 Å². The van der Waals surface area contributed by atoms with Gasteiger partial charge in [-0.05, 0) is 48.9 Å². The van der Waals surface area contributed by atoms with Gasteiger partial charge in [-0.15, -0.1) is 0 Å². The van der Waals surface area contributed by atoms with Gasteiger partial charge in [-0.2, -0.15) is 18.2 Å². The summed E-state index contributed by atoms with van der Waals surface area (Å²) in [4.78, 5) is 18.4. The van der Waals surface area contributed by atoms with Crippen molar-refractivity contribution in [2.75, 3.05) is 13.2 Å². The van der Waals surface area contributed by atoms with Gasteiger partial charge < -0.3 is 14.2 Å². The van der Waals surface area contributed by atoms with Crippen molar-refractivity contribution in [1.29, 1.82) is 0 Å². The largest absolute Gasteiger partial charge is 0.494 e. The van der Waals surface area contributed by atoms with Crippen LogP contribution in [0.1, 0.15) is 36.3 Å². The van der Waals surface area contributed by atoms with E-state index >= 15 is 0 Å². The lowest BCUT2D eigenvalue weighted by atomic mass is 10.1. The molecular formula is C22H20F3N3O3. The fourth-order valence-corrected chi connectivity index (χ4v) is 3.50. The molecule has 1 aliphatic heterocycles. The second-order valence-corrected chi connectivity index (χ2v) is 7.28. The molecule has 9 heteroatoms. The van der Waals surface area contributed by atoms with Crippen LogP contribution in [-0.2, 0) is 17.5 Å². The van der Waals surface area contributed by atoms with Gasteiger partial charge >= 0.3 is 6.18 Å². The van der Waals surface area contributed by atoms with Crippen LogP contribution < -0.4 is 4.74 Å². The molecule has 6 nitrogen and oxygen atoms in total. The lowest BCUT2D eigenvalue weighted by Gasteiger charge is -2.16. The van der Waals surface area contributed by atoms with Crippen LogP contribution in [-0.4, -0.2) is 34.1 Å². The van der Waals surface area contributed by atoms with Gasteiger partial charge in [0.15, 0.2) is 0 Å². The zero-order valence-electron chi connectivity index (χ0n) is 16.7. The summed E-state index contributed by atoms with van der Waals surface area (Å²) in [6, 6.07) is 12.1. The summed E-state index contributed by atoms with van der Waals surface area (Å²) in [6.45, 7) is 3.08. The second-order valence-electron chi connectivity index (χ2n) is 7.28. The molecule has 1 amide bonds. The molecule has 1 atom stereocenters. The third-order valence-corrected chi connectivity index (χ3v) is 5.08. The number of aromatic nitrogens is 2. The molecule has 162 valence electrons. The maximum atomic E-state index is 12.7. The summed E-state index contributed by atoms with van der Waals surface area (Å²) in [7, 11) is 0. The number of likely N-dealkylation sites (tertiary alicyclic amines) is 1. The molecule has 31 heavy (non-hydrogen) atoms. The van der Waals surface area contributed by atoms with Crippen LogP contribution in [0.25, 0.3) is 11.4 Å². The number of nitrogens with zero attached hydrogens (tertiary/aromatic N) is 3. The van der Waals surface area contributed by atoms with Crippen LogP contribution >= 0.6 is 0 Å². The first-order valence-electron chi connectivity index (χ1n) is 9.84. The monoisotopic (exact) mass is 431 g/mol. The van der Waals surface area contributed by atoms with E-state index in [1.807, 2.05) is 31.2 Å². The SMILES string of the molecule is CCOc1ccc(-c2noc(C3CC(=O)N(Cc4ccc(C(F)(F)F)cc4)C3)n2)cc1. The first-order valence-corrected chi connectivity index (χ1v) is 9.84. The third-order valence-electron chi connectivity index (χ3n) is 5.08. The Bertz CT molecular complexity index is 1050. The average Bonchev–Trinajstić information content (AvgIpc) is 3.36. The van der Waals surface area contributed by atoms with Crippen molar-refractivity contribution >= 4 is 5.91 Å². The molecule has 3 aromatic rings. The molecule has 2 heterocycles. The number of amides is 1. The Labute approximate surface area is 176 Å². The minimum absolute atomic E-state index is 0.106. The summed E-state index contributed by atoms with van der Waals surface area (Å²) in [6.07, 6.45) is -4.17. The minimum Gasteiger partial charge on any atom is -0.494 e. The molecule has 0 aliphatic carbocycles. The van der Waals surface area contributed by atoms with E-state index in [2.05, 4.69) is 10.1 Å². The van der Waals surface area contributed by atoms with Crippen LogP contribution in [0.15, 0.2) is 53.1 Å². The zero-order valence-corrected chi connectivity index (χ0v) is 16.7. The average molecular weight is 431 g/mol. The van der Waals surface area contributed by atoms with Crippen molar-refractivity contribution in [3.63, 3.8) is 0 Å². The highest BCUT2D eigenvalue weighted by Gasteiger charge is 2.35. The Balaban J connectivity index is 1.41. The quantitative estimate of drug-likeness (QED) is 0.567. The Kier molecular flexibility index (Phi) is 5.67. The predicted octanol–water partition coefficient (Wildman–Crippen LogP) is 4.67. The molecule has 1 aliphatic rings. The molecule has 2 aromatic carbocycles. The molecule has 0 radical (unpaired) electrons. The van der Waals surface area contributed by atoms with Crippen molar-refractivity contribution in [1.82, 2.24) is 15.0 Å². The number of halogens is 3. The van der Waals surface area contributed by atoms with Crippen molar-refractivity contribution in [2.45, 2.75) is 32.0 Å². The number of carbonyl (C=O) groups excluding carboxylic acids is 1. The first kappa shape index (κ1) is 20.9. The van der Waals surface area contributed by atoms with Crippen LogP contribution in [0, 0.1) is 0 Å². The number of hydrogen-bond donors (Lipinski definition) is 0. The maximum Gasteiger partial charge on any atom is 0.416 e. The minimum atomic E-state index is -4.38. The summed E-state index contributed by atoms with van der Waals surface area (Å²) in [5, 5.41) is 4.01. The number of carbonyl (C=O) groups is 1. The molecule has 0 spiro atoms. The van der Waals surface area contributed by atoms with Gasteiger partial charge in [0.1, 0.15) is 5.75 Å². The van der Waals surface area contributed by atoms with Gasteiger partial charge in [-0.3, -0.25) is 4.79 Å². The summed E-state index contributed by atoms with van der Waals surface area (Å²) in [5.41, 5.74) is 0.682. The second kappa shape index (κ2) is 8.41. The van der Waals surface area contributed by atoms with Gasteiger partial charge in [-0.1, -0.05) is 17.3 Å². The maximum absolute atomic E-state index is 12.7. The van der Waals surface area contributed by atoms with Crippen molar-refractivity contribution in [2.24, 2.45) is 0 Å². The molecule has 1 unspecified atom stereocenters. The highest BCUT2D eigenvalue weighted by molar-refractivity contribution is 5.79. The first-order chi connectivity index (χ1) is 14.8. The Morgan fingerprint density at radius 1 is 1.13 bits per heavy atom. The fourth-order valence-electron chi connectivity index (χ4n) is 3.50. The Hall–Kier alpha value is -3.36. The number of ether oxygens (including phenoxy) is 1. The molecule has 4 rings (SSSR count). The van der Waals surface area contributed by atoms with Gasteiger partial charge in [-0.25, -0.2) is 0 Å². The van der Waals surface area contributed by atoms with Crippen molar-refractivity contribution in [3.8, 4) is 17.1 Å². The van der Waals surface area contributed by atoms with Gasteiger partial charge in [0.05, 0.1) is 18.1 Å². The molecule has 0 bridgehead atoms. The van der Waals surface area contributed by atoms with E-state index in [1.54, 1.807) is 4.90 Å². The highest BCUT2D eigenvalue weighted by atomic mass is 19.4. The third kappa shape index (κ3) is 4.70. The summed E-state index contributed by atoms with van der Waals surface area (Å²) < 4.78 is 48.9. The molecular weight excluding hydrogens is 411 g/mol. The Morgan fingerprint density at radius 2 is 1.84 bits per heavy atom. The predicted molar refractivity (Wildman–Crippen MR) is 105 cm³/mol. The summed E-state index contributed by atoms with van der Waals surface area (Å²) >= 11 is 0. The van der Waals surface area contributed by atoms with Crippen LogP contribution in [0.4, 0.5) is 13.2 Å². The topological polar surface area (TPSA) is 68.5 Å².